The van der Waals surface area contributed by atoms with Crippen LogP contribution in [0.2, 0.25) is 0 Å². The normalized spacial score (nSPS) is 14.0. The molecule has 27 heavy (non-hydrogen) atoms. The first-order valence-electron chi connectivity index (χ1n) is 9.42. The van der Waals surface area contributed by atoms with Crippen LogP contribution >= 0.6 is 22.7 Å². The molecule has 0 saturated heterocycles. The third-order valence-corrected chi connectivity index (χ3v) is 7.96. The molecule has 0 radical (unpaired) electrons. The van der Waals surface area contributed by atoms with E-state index in [2.05, 4.69) is 73.7 Å². The van der Waals surface area contributed by atoms with Gasteiger partial charge in [0.1, 0.15) is 0 Å². The summed E-state index contributed by atoms with van der Waals surface area (Å²) in [5.41, 5.74) is 5.57. The van der Waals surface area contributed by atoms with Crippen molar-refractivity contribution >= 4 is 58.5 Å². The van der Waals surface area contributed by atoms with Crippen LogP contribution in [0.25, 0.3) is 35.8 Å². The van der Waals surface area contributed by atoms with Crippen LogP contribution in [0.5, 0.6) is 0 Å². The van der Waals surface area contributed by atoms with Crippen LogP contribution in [0.4, 0.5) is 0 Å². The molecule has 0 bridgehead atoms. The van der Waals surface area contributed by atoms with E-state index >= 15 is 0 Å². The Bertz CT molecular complexity index is 1380. The number of fused-ring (bicyclic) bond motifs is 6. The van der Waals surface area contributed by atoms with Crippen LogP contribution in [0.1, 0.15) is 28.0 Å². The maximum absolute atomic E-state index is 2.45. The van der Waals surface area contributed by atoms with Gasteiger partial charge in [0, 0.05) is 40.7 Å². The van der Waals surface area contributed by atoms with Gasteiger partial charge >= 0.3 is 0 Å². The predicted octanol–water partition coefficient (Wildman–Crippen LogP) is 7.96. The number of rotatable bonds is 1. The second kappa shape index (κ2) is 5.79. The van der Waals surface area contributed by atoms with Crippen molar-refractivity contribution in [2.75, 3.05) is 0 Å². The minimum atomic E-state index is 1.14. The van der Waals surface area contributed by atoms with Crippen LogP contribution in [0, 0.1) is 6.92 Å². The highest BCUT2D eigenvalue weighted by atomic mass is 32.1. The maximum atomic E-state index is 2.45. The molecular formula is C25H18S2. The van der Waals surface area contributed by atoms with Crippen molar-refractivity contribution in [3.8, 4) is 0 Å². The van der Waals surface area contributed by atoms with E-state index in [0.29, 0.717) is 0 Å². The predicted molar refractivity (Wildman–Crippen MR) is 121 cm³/mol. The highest BCUT2D eigenvalue weighted by Crippen LogP contribution is 2.43. The van der Waals surface area contributed by atoms with Crippen LogP contribution in [-0.2, 0) is 6.42 Å². The topological polar surface area (TPSA) is 0 Å². The molecule has 1 aliphatic carbocycles. The lowest BCUT2D eigenvalue weighted by Gasteiger charge is -2.15. The molecular weight excluding hydrogens is 364 g/mol. The molecule has 0 N–H and O–H groups in total. The van der Waals surface area contributed by atoms with Gasteiger partial charge in [0.2, 0.25) is 0 Å². The minimum absolute atomic E-state index is 1.14. The Morgan fingerprint density at radius 1 is 0.741 bits per heavy atom. The van der Waals surface area contributed by atoms with Crippen LogP contribution in [0.3, 0.4) is 0 Å². The van der Waals surface area contributed by atoms with Crippen molar-refractivity contribution < 1.29 is 0 Å². The molecule has 0 atom stereocenters. The van der Waals surface area contributed by atoms with Crippen molar-refractivity contribution in [2.45, 2.75) is 19.8 Å². The summed E-state index contributed by atoms with van der Waals surface area (Å²) in [7, 11) is 0. The summed E-state index contributed by atoms with van der Waals surface area (Å²) in [5, 5.41) is 4.18. The molecule has 0 nitrogen and oxygen atoms in total. The SMILES string of the molecule is Cc1ccc2c(c1)sc1ccc(C3=CCCc4sc5ccccc5c43)cc12. The van der Waals surface area contributed by atoms with Crippen molar-refractivity contribution in [1.29, 1.82) is 0 Å². The second-order valence-electron chi connectivity index (χ2n) is 7.37. The summed E-state index contributed by atoms with van der Waals surface area (Å²) in [6.45, 7) is 2.17. The molecule has 0 unspecified atom stereocenters. The summed E-state index contributed by atoms with van der Waals surface area (Å²) >= 11 is 3.87. The fraction of sp³-hybridized carbons (Fsp3) is 0.120. The summed E-state index contributed by atoms with van der Waals surface area (Å²) in [5.74, 6) is 0. The lowest BCUT2D eigenvalue weighted by Crippen LogP contribution is -1.97. The average molecular weight is 383 g/mol. The summed E-state index contributed by atoms with van der Waals surface area (Å²) in [6.07, 6.45) is 4.75. The Balaban J connectivity index is 1.60. The van der Waals surface area contributed by atoms with Gasteiger partial charge in [-0.05, 0) is 60.7 Å². The zero-order valence-electron chi connectivity index (χ0n) is 15.1. The summed E-state index contributed by atoms with van der Waals surface area (Å²) in [6, 6.07) is 22.7. The van der Waals surface area contributed by atoms with Crippen molar-refractivity contribution in [3.63, 3.8) is 0 Å². The lowest BCUT2D eigenvalue weighted by atomic mass is 9.89. The standard InChI is InChI=1S/C25H18S2/c1-15-9-11-18-20-14-16(10-12-22(20)27-24(18)13-15)17-6-4-8-23-25(17)19-5-2-3-7-21(19)26-23/h2-3,5-7,9-14H,4,8H2,1H3. The van der Waals surface area contributed by atoms with Gasteiger partial charge in [-0.1, -0.05) is 42.5 Å². The molecule has 2 aromatic heterocycles. The zero-order valence-corrected chi connectivity index (χ0v) is 16.7. The third-order valence-electron chi connectivity index (χ3n) is 5.60. The van der Waals surface area contributed by atoms with Gasteiger partial charge in [-0.25, -0.2) is 0 Å². The molecule has 130 valence electrons. The van der Waals surface area contributed by atoms with Crippen molar-refractivity contribution in [1.82, 2.24) is 0 Å². The van der Waals surface area contributed by atoms with Gasteiger partial charge in [-0.3, -0.25) is 0 Å². The summed E-state index contributed by atoms with van der Waals surface area (Å²) < 4.78 is 4.18. The van der Waals surface area contributed by atoms with E-state index in [4.69, 9.17) is 0 Å². The minimum Gasteiger partial charge on any atom is -0.140 e. The number of hydrogen-bond donors (Lipinski definition) is 0. The first-order valence-corrected chi connectivity index (χ1v) is 11.1. The zero-order chi connectivity index (χ0) is 18.0. The van der Waals surface area contributed by atoms with Gasteiger partial charge in [0.25, 0.3) is 0 Å². The summed E-state index contributed by atoms with van der Waals surface area (Å²) in [4.78, 5) is 1.54. The van der Waals surface area contributed by atoms with E-state index in [-0.39, 0.29) is 0 Å². The molecule has 0 spiro atoms. The quantitative estimate of drug-likeness (QED) is 0.276. The van der Waals surface area contributed by atoms with Crippen LogP contribution < -0.4 is 0 Å². The number of benzene rings is 3. The first kappa shape index (κ1) is 15.6. The molecule has 2 heteroatoms. The molecule has 6 rings (SSSR count). The molecule has 0 saturated carbocycles. The maximum Gasteiger partial charge on any atom is 0.0358 e. The number of allylic oxidation sites excluding steroid dienone is 1. The van der Waals surface area contributed by atoms with Crippen LogP contribution in [0.15, 0.2) is 66.7 Å². The van der Waals surface area contributed by atoms with E-state index in [1.165, 1.54) is 58.9 Å². The Morgan fingerprint density at radius 3 is 2.59 bits per heavy atom. The molecule has 0 amide bonds. The molecule has 5 aromatic rings. The molecule has 1 aliphatic rings. The fourth-order valence-electron chi connectivity index (χ4n) is 4.33. The van der Waals surface area contributed by atoms with Crippen LogP contribution in [-0.4, -0.2) is 0 Å². The number of aryl methyl sites for hydroxylation is 2. The monoisotopic (exact) mass is 382 g/mol. The third kappa shape index (κ3) is 2.33. The first-order chi connectivity index (χ1) is 13.3. The Morgan fingerprint density at radius 2 is 1.63 bits per heavy atom. The number of thiophene rings is 2. The lowest BCUT2D eigenvalue weighted by molar-refractivity contribution is 1.01. The van der Waals surface area contributed by atoms with Gasteiger partial charge in [0.15, 0.2) is 0 Å². The highest BCUT2D eigenvalue weighted by molar-refractivity contribution is 7.25. The van der Waals surface area contributed by atoms with Gasteiger partial charge in [0.05, 0.1) is 0 Å². The fourth-order valence-corrected chi connectivity index (χ4v) is 6.75. The average Bonchev–Trinajstić information content (AvgIpc) is 3.24. The molecule has 0 aliphatic heterocycles. The van der Waals surface area contributed by atoms with E-state index in [0.717, 1.165) is 6.42 Å². The van der Waals surface area contributed by atoms with Gasteiger partial charge in [-0.15, -0.1) is 22.7 Å². The Kier molecular flexibility index (Phi) is 3.35. The van der Waals surface area contributed by atoms with E-state index in [9.17, 15) is 0 Å². The van der Waals surface area contributed by atoms with Gasteiger partial charge < -0.3 is 0 Å². The highest BCUT2D eigenvalue weighted by Gasteiger charge is 2.20. The Labute approximate surface area is 166 Å². The van der Waals surface area contributed by atoms with Crippen molar-refractivity contribution in [2.24, 2.45) is 0 Å². The molecule has 0 fully saturated rings. The van der Waals surface area contributed by atoms with E-state index in [1.54, 1.807) is 4.88 Å². The molecule has 3 aromatic carbocycles. The van der Waals surface area contributed by atoms with Crippen molar-refractivity contribution in [3.05, 3.63) is 88.3 Å². The largest absolute Gasteiger partial charge is 0.140 e. The number of hydrogen-bond acceptors (Lipinski definition) is 2. The smallest absolute Gasteiger partial charge is 0.0358 e. The molecule has 2 heterocycles. The van der Waals surface area contributed by atoms with E-state index < -0.39 is 0 Å². The Hall–Kier alpha value is -2.42. The van der Waals surface area contributed by atoms with Gasteiger partial charge in [-0.2, -0.15) is 0 Å². The second-order valence-corrected chi connectivity index (χ2v) is 9.59. The van der Waals surface area contributed by atoms with E-state index in [1.807, 2.05) is 22.7 Å².